The predicted molar refractivity (Wildman–Crippen MR) is 45.6 cm³/mol. The maximum absolute atomic E-state index is 10.9. The fourth-order valence-electron chi connectivity index (χ4n) is 0.553. The van der Waals surface area contributed by atoms with Crippen LogP contribution in [0.2, 0.25) is 0 Å². The first-order chi connectivity index (χ1) is 5.49. The first-order valence-electron chi connectivity index (χ1n) is 3.45. The molecule has 0 saturated heterocycles. The van der Waals surface area contributed by atoms with Crippen LogP contribution in [0.5, 0.6) is 0 Å². The van der Waals surface area contributed by atoms with E-state index in [9.17, 15) is 4.79 Å². The van der Waals surface area contributed by atoms with Gasteiger partial charge in [-0.2, -0.15) is 0 Å². The van der Waals surface area contributed by atoms with E-state index in [0.29, 0.717) is 5.57 Å². The van der Waals surface area contributed by atoms with Crippen molar-refractivity contribution < 1.29 is 28.9 Å². The molecule has 0 heterocycles. The molecule has 0 bridgehead atoms. The number of allylic oxidation sites excluding steroid dienone is 1. The molecule has 0 saturated carbocycles. The van der Waals surface area contributed by atoms with Crippen molar-refractivity contribution in [3.8, 4) is 0 Å². The van der Waals surface area contributed by atoms with Gasteiger partial charge in [-0.3, -0.25) is 0 Å². The van der Waals surface area contributed by atoms with Gasteiger partial charge in [0.2, 0.25) is 0 Å². The Bertz CT molecular complexity index is 251. The Hall–Kier alpha value is -0.492. The number of hydrogen-bond donors (Lipinski definition) is 0. The van der Waals surface area contributed by atoms with Crippen LogP contribution in [0, 0.1) is 0 Å². The molecule has 0 spiro atoms. The monoisotopic (exact) mass is 336 g/mol. The summed E-state index contributed by atoms with van der Waals surface area (Å²) in [6, 6.07) is 0. The third-order valence-electron chi connectivity index (χ3n) is 1.39. The average molecular weight is 336 g/mol. The predicted octanol–water partition coefficient (Wildman–Crippen LogP) is 1.40. The number of esters is 1. The van der Waals surface area contributed by atoms with E-state index >= 15 is 0 Å². The molecule has 0 amide bonds. The van der Waals surface area contributed by atoms with Gasteiger partial charge >= 0.3 is 83.5 Å². The van der Waals surface area contributed by atoms with Crippen molar-refractivity contribution in [1.29, 1.82) is 0 Å². The van der Waals surface area contributed by atoms with Gasteiger partial charge in [0.25, 0.3) is 0 Å². The number of carbonyl (C=O) groups excluding carboxylic acids is 1. The topological polar surface area (TPSA) is 26.3 Å². The van der Waals surface area contributed by atoms with Crippen molar-refractivity contribution in [2.45, 2.75) is 13.8 Å². The summed E-state index contributed by atoms with van der Waals surface area (Å²) in [6.07, 6.45) is 1.74. The second-order valence-electron chi connectivity index (χ2n) is 2.40. The van der Waals surface area contributed by atoms with E-state index in [1.54, 1.807) is 6.08 Å². The molecule has 0 aromatic carbocycles. The molecule has 0 aliphatic heterocycles. The molecule has 0 aromatic rings. The number of rotatable bonds is 3. The zero-order valence-electron chi connectivity index (χ0n) is 7.51. The summed E-state index contributed by atoms with van der Waals surface area (Å²) in [6.45, 7) is 7.57. The van der Waals surface area contributed by atoms with Crippen molar-refractivity contribution in [1.82, 2.24) is 0 Å². The van der Waals surface area contributed by atoms with E-state index in [0.717, 1.165) is 5.57 Å². The van der Waals surface area contributed by atoms with E-state index in [4.69, 9.17) is 0 Å². The van der Waals surface area contributed by atoms with Gasteiger partial charge in [-0.1, -0.05) is 0 Å². The van der Waals surface area contributed by atoms with Crippen molar-refractivity contribution in [2.75, 3.05) is 7.11 Å². The third kappa shape index (κ3) is 3.77. The van der Waals surface area contributed by atoms with Crippen LogP contribution in [0.1, 0.15) is 13.8 Å². The van der Waals surface area contributed by atoms with Gasteiger partial charge in [-0.05, 0) is 0 Å². The van der Waals surface area contributed by atoms with Crippen LogP contribution in [-0.2, 0) is 28.9 Å². The molecule has 0 aromatic heterocycles. The zero-order valence-corrected chi connectivity index (χ0v) is 10.4. The first kappa shape index (κ1) is 11.5. The standard InChI is InChI=1S/C9H12O2.W/c1-5-7(2)6-8(3)9(10)11-4;/h6H,3H2,1-2,4H3;/b7-6-;. The van der Waals surface area contributed by atoms with Gasteiger partial charge in [0, 0.05) is 0 Å². The molecule has 66 valence electrons. The summed E-state index contributed by atoms with van der Waals surface area (Å²) in [5.74, 6) is -0.370. The van der Waals surface area contributed by atoms with E-state index in [1.807, 2.05) is 13.8 Å². The van der Waals surface area contributed by atoms with Crippen LogP contribution in [0.3, 0.4) is 0 Å². The second-order valence-corrected chi connectivity index (χ2v) is 4.60. The van der Waals surface area contributed by atoms with E-state index in [2.05, 4.69) is 11.3 Å². The van der Waals surface area contributed by atoms with Crippen LogP contribution in [0.25, 0.3) is 0 Å². The summed E-state index contributed by atoms with van der Waals surface area (Å²) in [4.78, 5) is 10.9. The van der Waals surface area contributed by atoms with Crippen LogP contribution in [0.15, 0.2) is 23.8 Å². The van der Waals surface area contributed by atoms with E-state index < -0.39 is 0 Å². The number of carbonyl (C=O) groups is 1. The maximum atomic E-state index is 10.9. The molecule has 12 heavy (non-hydrogen) atoms. The fraction of sp³-hybridized carbons (Fsp3) is 0.333. The Morgan fingerprint density at radius 1 is 1.50 bits per heavy atom. The summed E-state index contributed by atoms with van der Waals surface area (Å²) in [5.41, 5.74) is 1.48. The minimum absolute atomic E-state index is 0.370. The Kier molecular flexibility index (Phi) is 4.99. The van der Waals surface area contributed by atoms with Gasteiger partial charge in [0.05, 0.1) is 0 Å². The molecule has 0 atom stereocenters. The molecular weight excluding hydrogens is 324 g/mol. The summed E-state index contributed by atoms with van der Waals surface area (Å²) >= 11 is 1.40. The van der Waals surface area contributed by atoms with Gasteiger partial charge in [-0.15, -0.1) is 0 Å². The molecule has 0 fully saturated rings. The number of hydrogen-bond acceptors (Lipinski definition) is 2. The zero-order chi connectivity index (χ0) is 9.72. The number of ether oxygens (including phenoxy) is 1. The molecular formula is C9H12O2W. The SMILES string of the molecule is C=C(/C=C(/C)[C](C)=[W])C(=O)OC. The van der Waals surface area contributed by atoms with Crippen LogP contribution >= 0.6 is 0 Å². The van der Waals surface area contributed by atoms with Crippen molar-refractivity contribution in [3.63, 3.8) is 0 Å². The molecule has 0 N–H and O–H groups in total. The Labute approximate surface area is 83.7 Å². The van der Waals surface area contributed by atoms with Gasteiger partial charge in [0.1, 0.15) is 0 Å². The Morgan fingerprint density at radius 2 is 2.00 bits per heavy atom. The summed E-state index contributed by atoms with van der Waals surface area (Å²) < 4.78 is 5.76. The normalized spacial score (nSPS) is 10.8. The molecule has 0 aliphatic rings. The molecule has 0 aliphatic carbocycles. The Balaban J connectivity index is 4.44. The third-order valence-corrected chi connectivity index (χ3v) is 2.55. The Morgan fingerprint density at radius 3 is 2.33 bits per heavy atom. The fourth-order valence-corrected chi connectivity index (χ4v) is 0.765. The van der Waals surface area contributed by atoms with Gasteiger partial charge in [-0.25, -0.2) is 0 Å². The van der Waals surface area contributed by atoms with E-state index in [1.165, 1.54) is 30.4 Å². The van der Waals surface area contributed by atoms with Crippen LogP contribution in [0.4, 0.5) is 0 Å². The van der Waals surface area contributed by atoms with E-state index in [-0.39, 0.29) is 5.97 Å². The van der Waals surface area contributed by atoms with Gasteiger partial charge < -0.3 is 0 Å². The molecule has 0 unspecified atom stereocenters. The number of methoxy groups -OCH3 is 1. The molecule has 3 heteroatoms. The molecule has 0 radical (unpaired) electrons. The second kappa shape index (κ2) is 5.21. The molecule has 2 nitrogen and oxygen atoms in total. The van der Waals surface area contributed by atoms with Crippen molar-refractivity contribution in [2.24, 2.45) is 0 Å². The van der Waals surface area contributed by atoms with Crippen molar-refractivity contribution in [3.05, 3.63) is 23.8 Å². The van der Waals surface area contributed by atoms with Crippen LogP contribution in [-0.4, -0.2) is 17.0 Å². The quantitative estimate of drug-likeness (QED) is 0.443. The summed E-state index contributed by atoms with van der Waals surface area (Å²) in [5, 5.41) is 0. The van der Waals surface area contributed by atoms with Gasteiger partial charge in [0.15, 0.2) is 0 Å². The van der Waals surface area contributed by atoms with Crippen molar-refractivity contribution >= 4 is 9.87 Å². The van der Waals surface area contributed by atoms with Crippen LogP contribution < -0.4 is 0 Å². The first-order valence-corrected chi connectivity index (χ1v) is 4.92. The minimum atomic E-state index is -0.370. The average Bonchev–Trinajstić information content (AvgIpc) is 2.02. The molecule has 0 rings (SSSR count). The summed E-state index contributed by atoms with van der Waals surface area (Å²) in [7, 11) is 1.35.